The lowest BCUT2D eigenvalue weighted by molar-refractivity contribution is 0.0582. The first kappa shape index (κ1) is 22.7. The monoisotopic (exact) mass is 458 g/mol. The normalized spacial score (nSPS) is 18.5. The quantitative estimate of drug-likeness (QED) is 0.542. The van der Waals surface area contributed by atoms with Gasteiger partial charge in [-0.05, 0) is 49.0 Å². The van der Waals surface area contributed by atoms with Crippen LogP contribution in [-0.2, 0) is 10.0 Å². The molecule has 1 fully saturated rings. The lowest BCUT2D eigenvalue weighted by Crippen LogP contribution is -2.49. The van der Waals surface area contributed by atoms with Crippen molar-refractivity contribution in [1.29, 1.82) is 0 Å². The van der Waals surface area contributed by atoms with Crippen LogP contribution in [-0.4, -0.2) is 56.8 Å². The van der Waals surface area contributed by atoms with E-state index in [9.17, 15) is 17.9 Å². The number of β-amino-alcohol motifs (C(OH)–C–C–N with tert-alkyl or cyclic N) is 1. The number of fused-ring (bicyclic) bond motifs is 1. The van der Waals surface area contributed by atoms with E-state index in [4.69, 9.17) is 4.74 Å². The molecule has 2 atom stereocenters. The van der Waals surface area contributed by atoms with Crippen molar-refractivity contribution in [1.82, 2.24) is 9.62 Å². The minimum absolute atomic E-state index is 0.0851. The third-order valence-corrected chi connectivity index (χ3v) is 7.10. The maximum atomic E-state index is 13.4. The number of aliphatic hydroxyl groups is 1. The summed E-state index contributed by atoms with van der Waals surface area (Å²) in [7, 11) is -3.81. The van der Waals surface area contributed by atoms with Crippen molar-refractivity contribution < 1.29 is 22.7 Å². The van der Waals surface area contributed by atoms with Crippen molar-refractivity contribution in [2.24, 2.45) is 0 Å². The van der Waals surface area contributed by atoms with Crippen molar-refractivity contribution in [3.63, 3.8) is 0 Å². The first-order chi connectivity index (χ1) is 15.4. The summed E-state index contributed by atoms with van der Waals surface area (Å²) < 4.78 is 47.1. The lowest BCUT2D eigenvalue weighted by atomic mass is 10.1. The fraction of sp³-hybridized carbons (Fsp3) is 0.333. The summed E-state index contributed by atoms with van der Waals surface area (Å²) in [4.78, 5) is 1.94. The summed E-state index contributed by atoms with van der Waals surface area (Å²) in [5, 5.41) is 12.6. The fourth-order valence-corrected chi connectivity index (χ4v) is 5.39. The minimum Gasteiger partial charge on any atom is -0.490 e. The van der Waals surface area contributed by atoms with Gasteiger partial charge < -0.3 is 9.84 Å². The third kappa shape index (κ3) is 5.63. The van der Waals surface area contributed by atoms with Crippen LogP contribution in [0.3, 0.4) is 0 Å². The molecule has 32 heavy (non-hydrogen) atoms. The number of benzene rings is 3. The van der Waals surface area contributed by atoms with Gasteiger partial charge in [0.15, 0.2) is 0 Å². The Hall–Kier alpha value is -2.52. The van der Waals surface area contributed by atoms with Gasteiger partial charge in [0.25, 0.3) is 0 Å². The van der Waals surface area contributed by atoms with Crippen LogP contribution >= 0.6 is 0 Å². The first-order valence-corrected chi connectivity index (χ1v) is 12.2. The van der Waals surface area contributed by atoms with Crippen LogP contribution in [0.4, 0.5) is 4.39 Å². The molecule has 1 aliphatic heterocycles. The van der Waals surface area contributed by atoms with Gasteiger partial charge in [-0.1, -0.05) is 42.5 Å². The van der Waals surface area contributed by atoms with E-state index in [-0.39, 0.29) is 17.5 Å². The van der Waals surface area contributed by atoms with Crippen LogP contribution in [0.15, 0.2) is 71.6 Å². The fourth-order valence-electron chi connectivity index (χ4n) is 4.10. The first-order valence-electron chi connectivity index (χ1n) is 10.7. The number of nitrogens with zero attached hydrogens (tertiary/aromatic N) is 1. The van der Waals surface area contributed by atoms with Crippen LogP contribution in [0.2, 0.25) is 0 Å². The van der Waals surface area contributed by atoms with E-state index in [0.717, 1.165) is 35.6 Å². The number of hydrogen-bond acceptors (Lipinski definition) is 5. The smallest absolute Gasteiger partial charge is 0.240 e. The summed E-state index contributed by atoms with van der Waals surface area (Å²) in [6.07, 6.45) is 0.772. The Morgan fingerprint density at radius 2 is 1.91 bits per heavy atom. The molecule has 0 radical (unpaired) electrons. The molecule has 3 aromatic rings. The molecular weight excluding hydrogens is 431 g/mol. The van der Waals surface area contributed by atoms with Gasteiger partial charge in [-0.25, -0.2) is 17.5 Å². The van der Waals surface area contributed by atoms with Crippen LogP contribution in [0.1, 0.15) is 12.8 Å². The SMILES string of the molecule is O=S(=O)(NC1CCCN(CC(O)COc2cccc3ccccc23)C1)c1cccc(F)c1. The molecule has 0 spiro atoms. The number of halogens is 1. The van der Waals surface area contributed by atoms with Crippen molar-refractivity contribution in [3.05, 3.63) is 72.5 Å². The maximum Gasteiger partial charge on any atom is 0.240 e. The molecule has 4 rings (SSSR count). The Labute approximate surface area is 187 Å². The molecule has 1 heterocycles. The van der Waals surface area contributed by atoms with Crippen LogP contribution in [0.25, 0.3) is 10.8 Å². The van der Waals surface area contributed by atoms with E-state index in [0.29, 0.717) is 19.5 Å². The highest BCUT2D eigenvalue weighted by Crippen LogP contribution is 2.25. The van der Waals surface area contributed by atoms with Gasteiger partial charge in [0.2, 0.25) is 10.0 Å². The maximum absolute atomic E-state index is 13.4. The average molecular weight is 459 g/mol. The summed E-state index contributed by atoms with van der Waals surface area (Å²) in [5.74, 6) is 0.133. The van der Waals surface area contributed by atoms with Crippen molar-refractivity contribution in [2.75, 3.05) is 26.2 Å². The second kappa shape index (κ2) is 9.95. The van der Waals surface area contributed by atoms with Gasteiger partial charge in [0.1, 0.15) is 24.3 Å². The summed E-state index contributed by atoms with van der Waals surface area (Å²) in [6.45, 7) is 1.76. The van der Waals surface area contributed by atoms with E-state index in [1.165, 1.54) is 18.2 Å². The van der Waals surface area contributed by atoms with Crippen LogP contribution in [0.5, 0.6) is 5.75 Å². The minimum atomic E-state index is -3.81. The second-order valence-electron chi connectivity index (χ2n) is 8.12. The number of rotatable bonds is 8. The highest BCUT2D eigenvalue weighted by atomic mass is 32.2. The van der Waals surface area contributed by atoms with Gasteiger partial charge in [0.05, 0.1) is 4.90 Å². The number of hydrogen-bond donors (Lipinski definition) is 2. The van der Waals surface area contributed by atoms with Gasteiger partial charge in [0, 0.05) is 24.5 Å². The molecule has 6 nitrogen and oxygen atoms in total. The number of aliphatic hydroxyl groups excluding tert-OH is 1. The molecule has 0 amide bonds. The molecule has 8 heteroatoms. The van der Waals surface area contributed by atoms with Gasteiger partial charge >= 0.3 is 0 Å². The molecule has 2 unspecified atom stereocenters. The van der Waals surface area contributed by atoms with Crippen molar-refractivity contribution in [2.45, 2.75) is 29.9 Å². The molecule has 3 aromatic carbocycles. The Kier molecular flexibility index (Phi) is 7.05. The molecule has 2 N–H and O–H groups in total. The number of ether oxygens (including phenoxy) is 1. The molecule has 0 aromatic heterocycles. The molecular formula is C24H27FN2O4S. The highest BCUT2D eigenvalue weighted by molar-refractivity contribution is 7.89. The Bertz CT molecular complexity index is 1170. The average Bonchev–Trinajstić information content (AvgIpc) is 2.77. The predicted octanol–water partition coefficient (Wildman–Crippen LogP) is 3.16. The van der Waals surface area contributed by atoms with E-state index in [1.807, 2.05) is 47.4 Å². The molecule has 1 saturated heterocycles. The largest absolute Gasteiger partial charge is 0.490 e. The van der Waals surface area contributed by atoms with E-state index >= 15 is 0 Å². The zero-order valence-corrected chi connectivity index (χ0v) is 18.5. The molecule has 0 aliphatic carbocycles. The summed E-state index contributed by atoms with van der Waals surface area (Å²) >= 11 is 0. The summed E-state index contributed by atoms with van der Waals surface area (Å²) in [6, 6.07) is 18.4. The van der Waals surface area contributed by atoms with Crippen LogP contribution in [0, 0.1) is 5.82 Å². The second-order valence-corrected chi connectivity index (χ2v) is 9.83. The van der Waals surface area contributed by atoms with Crippen LogP contribution < -0.4 is 9.46 Å². The number of piperidine rings is 1. The Morgan fingerprint density at radius 1 is 1.12 bits per heavy atom. The van der Waals surface area contributed by atoms with Gasteiger partial charge in [-0.3, -0.25) is 4.90 Å². The van der Waals surface area contributed by atoms with E-state index in [2.05, 4.69) is 4.72 Å². The zero-order chi connectivity index (χ0) is 22.6. The van der Waals surface area contributed by atoms with Gasteiger partial charge in [-0.15, -0.1) is 0 Å². The Morgan fingerprint density at radius 3 is 2.75 bits per heavy atom. The van der Waals surface area contributed by atoms with Crippen molar-refractivity contribution >= 4 is 20.8 Å². The lowest BCUT2D eigenvalue weighted by Gasteiger charge is -2.34. The standard InChI is InChI=1S/C24H27FN2O4S/c25-19-8-4-10-22(14-19)32(29,30)26-20-9-5-13-27(15-20)16-21(28)17-31-24-12-3-7-18-6-1-2-11-23(18)24/h1-4,6-8,10-12,14,20-21,26,28H,5,9,13,15-17H2. The molecule has 0 saturated carbocycles. The summed E-state index contributed by atoms with van der Waals surface area (Å²) in [5.41, 5.74) is 0. The predicted molar refractivity (Wildman–Crippen MR) is 122 cm³/mol. The molecule has 0 bridgehead atoms. The van der Waals surface area contributed by atoms with E-state index < -0.39 is 21.9 Å². The highest BCUT2D eigenvalue weighted by Gasteiger charge is 2.26. The molecule has 1 aliphatic rings. The molecule has 170 valence electrons. The zero-order valence-electron chi connectivity index (χ0n) is 17.7. The number of likely N-dealkylation sites (tertiary alicyclic amines) is 1. The number of nitrogens with one attached hydrogen (secondary N) is 1. The van der Waals surface area contributed by atoms with Crippen molar-refractivity contribution in [3.8, 4) is 5.75 Å². The topological polar surface area (TPSA) is 78.9 Å². The number of sulfonamides is 1. The van der Waals surface area contributed by atoms with Gasteiger partial charge in [-0.2, -0.15) is 0 Å². The van der Waals surface area contributed by atoms with E-state index in [1.54, 1.807) is 0 Å². The Balaban J connectivity index is 1.31. The third-order valence-electron chi connectivity index (χ3n) is 5.58.